The summed E-state index contributed by atoms with van der Waals surface area (Å²) in [4.78, 5) is 18.0. The molecule has 5 rings (SSSR count). The molecule has 2 heterocycles. The van der Waals surface area contributed by atoms with Crippen LogP contribution in [0.4, 0.5) is 5.95 Å². The molecule has 7 heteroatoms. The van der Waals surface area contributed by atoms with Crippen LogP contribution < -0.4 is 5.32 Å². The number of Topliss-reactive ketones (excluding diaryl/α,β-unsaturated/α-hetero) is 1. The summed E-state index contributed by atoms with van der Waals surface area (Å²) in [5.74, 6) is 1.31. The van der Waals surface area contributed by atoms with Crippen molar-refractivity contribution in [3.8, 4) is 11.4 Å². The lowest BCUT2D eigenvalue weighted by molar-refractivity contribution is -0.118. The van der Waals surface area contributed by atoms with Crippen molar-refractivity contribution in [2.45, 2.75) is 39.7 Å². The van der Waals surface area contributed by atoms with E-state index >= 15 is 0 Å². The molecule has 158 valence electrons. The number of halogens is 2. The molecule has 1 aromatic heterocycles. The summed E-state index contributed by atoms with van der Waals surface area (Å²) in [6.45, 7) is 6.30. The number of nitrogens with one attached hydrogen (secondary N) is 1. The molecule has 1 aliphatic heterocycles. The highest BCUT2D eigenvalue weighted by Crippen LogP contribution is 2.45. The van der Waals surface area contributed by atoms with Crippen molar-refractivity contribution in [3.63, 3.8) is 0 Å². The van der Waals surface area contributed by atoms with Gasteiger partial charge in [-0.1, -0.05) is 66.9 Å². The van der Waals surface area contributed by atoms with Gasteiger partial charge in [-0.15, -0.1) is 5.10 Å². The van der Waals surface area contributed by atoms with Crippen molar-refractivity contribution in [1.82, 2.24) is 14.8 Å². The summed E-state index contributed by atoms with van der Waals surface area (Å²) < 4.78 is 1.82. The first-order chi connectivity index (χ1) is 14.7. The fourth-order valence-electron chi connectivity index (χ4n) is 4.51. The molecule has 0 radical (unpaired) electrons. The maximum atomic E-state index is 13.3. The molecule has 1 atom stereocenters. The Labute approximate surface area is 191 Å². The van der Waals surface area contributed by atoms with Gasteiger partial charge in [-0.3, -0.25) is 4.79 Å². The maximum Gasteiger partial charge on any atom is 0.226 e. The fourth-order valence-corrected chi connectivity index (χ4v) is 4.81. The standard InChI is InChI=1S/C24H22Cl2N4O/c1-13-5-4-6-14(9-13)21-20-18(11-24(2,3)12-19(20)31)27-23-28-22(29-30(21)23)15-7-8-16(25)17(26)10-15/h4-10,21H,11-12H2,1-3H3,(H,27,28,29). The summed E-state index contributed by atoms with van der Waals surface area (Å²) in [5.41, 5.74) is 4.54. The quantitative estimate of drug-likeness (QED) is 0.501. The molecule has 1 aliphatic carbocycles. The monoisotopic (exact) mass is 452 g/mol. The minimum atomic E-state index is -0.321. The van der Waals surface area contributed by atoms with E-state index in [9.17, 15) is 4.79 Å². The average Bonchev–Trinajstić information content (AvgIpc) is 3.11. The predicted octanol–water partition coefficient (Wildman–Crippen LogP) is 6.22. The van der Waals surface area contributed by atoms with Gasteiger partial charge in [0.15, 0.2) is 11.6 Å². The first kappa shape index (κ1) is 20.3. The second-order valence-corrected chi connectivity index (χ2v) is 9.92. The number of anilines is 1. The Kier molecular flexibility index (Phi) is 4.72. The molecular formula is C24H22Cl2N4O. The van der Waals surface area contributed by atoms with Crippen molar-refractivity contribution in [3.05, 3.63) is 74.9 Å². The lowest BCUT2D eigenvalue weighted by Crippen LogP contribution is -2.36. The summed E-state index contributed by atoms with van der Waals surface area (Å²) in [7, 11) is 0. The molecule has 0 saturated heterocycles. The zero-order valence-corrected chi connectivity index (χ0v) is 19.1. The number of aromatic nitrogens is 3. The number of rotatable bonds is 2. The smallest absolute Gasteiger partial charge is 0.226 e. The molecule has 2 aliphatic rings. The zero-order chi connectivity index (χ0) is 21.9. The van der Waals surface area contributed by atoms with E-state index in [-0.39, 0.29) is 17.2 Å². The molecule has 31 heavy (non-hydrogen) atoms. The molecule has 2 aromatic carbocycles. The second kappa shape index (κ2) is 7.21. The summed E-state index contributed by atoms with van der Waals surface area (Å²) >= 11 is 12.3. The van der Waals surface area contributed by atoms with Crippen molar-refractivity contribution < 1.29 is 4.79 Å². The van der Waals surface area contributed by atoms with Crippen LogP contribution in [0.25, 0.3) is 11.4 Å². The van der Waals surface area contributed by atoms with E-state index in [0.29, 0.717) is 28.2 Å². The zero-order valence-electron chi connectivity index (χ0n) is 17.5. The lowest BCUT2D eigenvalue weighted by atomic mass is 9.73. The molecule has 0 bridgehead atoms. The molecule has 0 fully saturated rings. The third-order valence-electron chi connectivity index (χ3n) is 5.87. The van der Waals surface area contributed by atoms with E-state index in [4.69, 9.17) is 33.3 Å². The minimum Gasteiger partial charge on any atom is -0.328 e. The number of allylic oxidation sites excluding steroid dienone is 2. The normalized spacial score (nSPS) is 19.6. The number of carbonyl (C=O) groups is 1. The fraction of sp³-hybridized carbons (Fsp3) is 0.292. The van der Waals surface area contributed by atoms with Crippen molar-refractivity contribution >= 4 is 34.9 Å². The number of hydrogen-bond donors (Lipinski definition) is 1. The molecule has 0 saturated carbocycles. The van der Waals surface area contributed by atoms with Gasteiger partial charge in [-0.2, -0.15) is 4.98 Å². The van der Waals surface area contributed by atoms with Crippen LogP contribution in [0.1, 0.15) is 43.9 Å². The van der Waals surface area contributed by atoms with Crippen LogP contribution in [-0.4, -0.2) is 20.5 Å². The molecular weight excluding hydrogens is 431 g/mol. The Bertz CT molecular complexity index is 1260. The Morgan fingerprint density at radius 3 is 2.65 bits per heavy atom. The highest BCUT2D eigenvalue weighted by molar-refractivity contribution is 6.42. The van der Waals surface area contributed by atoms with E-state index in [1.165, 1.54) is 0 Å². The first-order valence-corrected chi connectivity index (χ1v) is 11.0. The first-order valence-electron chi connectivity index (χ1n) is 10.2. The van der Waals surface area contributed by atoms with Gasteiger partial charge in [0.05, 0.1) is 10.0 Å². The SMILES string of the molecule is Cc1cccc(C2C3=C(CC(C)(C)CC3=O)Nc3nc(-c4ccc(Cl)c(Cl)c4)nn32)c1. The third kappa shape index (κ3) is 3.56. The second-order valence-electron chi connectivity index (χ2n) is 9.11. The van der Waals surface area contributed by atoms with Crippen LogP contribution >= 0.6 is 23.2 Å². The van der Waals surface area contributed by atoms with Crippen LogP contribution in [0.2, 0.25) is 10.0 Å². The van der Waals surface area contributed by atoms with E-state index in [1.54, 1.807) is 12.1 Å². The number of carbonyl (C=O) groups excluding carboxylic acids is 1. The van der Waals surface area contributed by atoms with Crippen LogP contribution in [-0.2, 0) is 4.79 Å². The highest BCUT2D eigenvalue weighted by atomic mass is 35.5. The molecule has 0 spiro atoms. The Morgan fingerprint density at radius 2 is 1.90 bits per heavy atom. The number of benzene rings is 2. The molecule has 1 unspecified atom stereocenters. The molecule has 0 amide bonds. The predicted molar refractivity (Wildman–Crippen MR) is 123 cm³/mol. The van der Waals surface area contributed by atoms with Crippen LogP contribution in [0.3, 0.4) is 0 Å². The minimum absolute atomic E-state index is 0.102. The number of nitrogens with zero attached hydrogens (tertiary/aromatic N) is 3. The van der Waals surface area contributed by atoms with Crippen LogP contribution in [0, 0.1) is 12.3 Å². The van der Waals surface area contributed by atoms with Gasteiger partial charge in [0, 0.05) is 23.3 Å². The van der Waals surface area contributed by atoms with Gasteiger partial charge in [0.25, 0.3) is 0 Å². The van der Waals surface area contributed by atoms with Crippen molar-refractivity contribution in [2.24, 2.45) is 5.41 Å². The highest BCUT2D eigenvalue weighted by Gasteiger charge is 2.41. The van der Waals surface area contributed by atoms with E-state index in [1.807, 2.05) is 22.9 Å². The van der Waals surface area contributed by atoms with E-state index in [0.717, 1.165) is 34.4 Å². The number of ketones is 1. The van der Waals surface area contributed by atoms with E-state index in [2.05, 4.69) is 38.2 Å². The summed E-state index contributed by atoms with van der Waals surface area (Å²) in [5, 5.41) is 9.13. The number of aryl methyl sites for hydroxylation is 1. The Morgan fingerprint density at radius 1 is 1.10 bits per heavy atom. The van der Waals surface area contributed by atoms with Gasteiger partial charge < -0.3 is 5.32 Å². The van der Waals surface area contributed by atoms with Crippen molar-refractivity contribution in [1.29, 1.82) is 0 Å². The van der Waals surface area contributed by atoms with Gasteiger partial charge in [-0.25, -0.2) is 4.68 Å². The van der Waals surface area contributed by atoms with E-state index < -0.39 is 0 Å². The van der Waals surface area contributed by atoms with Gasteiger partial charge >= 0.3 is 0 Å². The van der Waals surface area contributed by atoms with Gasteiger partial charge in [0.2, 0.25) is 5.95 Å². The summed E-state index contributed by atoms with van der Waals surface area (Å²) in [6, 6.07) is 13.2. The van der Waals surface area contributed by atoms with Crippen LogP contribution in [0.15, 0.2) is 53.7 Å². The Balaban J connectivity index is 1.68. The summed E-state index contributed by atoms with van der Waals surface area (Å²) in [6.07, 6.45) is 1.30. The number of fused-ring (bicyclic) bond motifs is 1. The molecule has 5 nitrogen and oxygen atoms in total. The lowest BCUT2D eigenvalue weighted by Gasteiger charge is -2.38. The Hall–Kier alpha value is -2.63. The van der Waals surface area contributed by atoms with Crippen molar-refractivity contribution in [2.75, 3.05) is 5.32 Å². The third-order valence-corrected chi connectivity index (χ3v) is 6.61. The van der Waals surface area contributed by atoms with Crippen LogP contribution in [0.5, 0.6) is 0 Å². The van der Waals surface area contributed by atoms with Gasteiger partial charge in [-0.05, 0) is 42.5 Å². The van der Waals surface area contributed by atoms with Gasteiger partial charge in [0.1, 0.15) is 6.04 Å². The largest absolute Gasteiger partial charge is 0.328 e. The maximum absolute atomic E-state index is 13.3. The number of hydrogen-bond acceptors (Lipinski definition) is 4. The molecule has 1 N–H and O–H groups in total. The average molecular weight is 453 g/mol. The topological polar surface area (TPSA) is 59.8 Å². The molecule has 3 aromatic rings.